The number of fused-ring (bicyclic) bond motifs is 1. The van der Waals surface area contributed by atoms with Crippen molar-refractivity contribution in [3.63, 3.8) is 0 Å². The van der Waals surface area contributed by atoms with Crippen LogP contribution in [0.3, 0.4) is 0 Å². The third kappa shape index (κ3) is 1.07. The van der Waals surface area contributed by atoms with Crippen LogP contribution in [0.2, 0.25) is 0 Å². The molecule has 2 heterocycles. The lowest BCUT2D eigenvalue weighted by molar-refractivity contribution is 0.0664. The molecule has 0 radical (unpaired) electrons. The monoisotopic (exact) mass is 177 g/mol. The average molecular weight is 177 g/mol. The van der Waals surface area contributed by atoms with Crippen molar-refractivity contribution in [2.24, 2.45) is 0 Å². The molecule has 0 atom stereocenters. The van der Waals surface area contributed by atoms with Crippen LogP contribution in [-0.2, 0) is 0 Å². The van der Waals surface area contributed by atoms with E-state index >= 15 is 0 Å². The topological polar surface area (TPSA) is 63.3 Å². The highest BCUT2D eigenvalue weighted by molar-refractivity contribution is 5.94. The average Bonchev–Trinajstić information content (AvgIpc) is 2.45. The largest absolute Gasteiger partial charge is 0.475 e. The van der Waals surface area contributed by atoms with E-state index < -0.39 is 5.97 Å². The predicted octanol–water partition coefficient (Wildman–Crippen LogP) is 1.83. The zero-order valence-corrected chi connectivity index (χ0v) is 6.94. The van der Waals surface area contributed by atoms with Crippen molar-refractivity contribution in [2.75, 3.05) is 0 Å². The van der Waals surface area contributed by atoms with E-state index in [4.69, 9.17) is 9.52 Å². The van der Waals surface area contributed by atoms with Crippen molar-refractivity contribution in [1.82, 2.24) is 4.98 Å². The number of carboxylic acids is 1. The first kappa shape index (κ1) is 7.79. The van der Waals surface area contributed by atoms with Gasteiger partial charge in [-0.05, 0) is 13.0 Å². The molecule has 0 amide bonds. The second-order valence-electron chi connectivity index (χ2n) is 2.73. The summed E-state index contributed by atoms with van der Waals surface area (Å²) < 4.78 is 5.10. The molecule has 0 spiro atoms. The molecule has 13 heavy (non-hydrogen) atoms. The van der Waals surface area contributed by atoms with E-state index in [9.17, 15) is 4.79 Å². The highest BCUT2D eigenvalue weighted by Gasteiger charge is 2.15. The maximum Gasteiger partial charge on any atom is 0.372 e. The molecule has 0 saturated carbocycles. The van der Waals surface area contributed by atoms with Gasteiger partial charge in [-0.15, -0.1) is 0 Å². The Hall–Kier alpha value is -1.84. The molecule has 0 bridgehead atoms. The molecule has 4 nitrogen and oxygen atoms in total. The number of aromatic carboxylic acids is 1. The molecule has 2 rings (SSSR count). The lowest BCUT2D eigenvalue weighted by atomic mass is 10.2. The number of aromatic nitrogens is 1. The quantitative estimate of drug-likeness (QED) is 0.721. The second kappa shape index (κ2) is 2.58. The summed E-state index contributed by atoms with van der Waals surface area (Å²) in [6, 6.07) is 1.74. The summed E-state index contributed by atoms with van der Waals surface area (Å²) in [6.07, 6.45) is 3.12. The Balaban J connectivity index is 2.81. The smallest absolute Gasteiger partial charge is 0.372 e. The minimum absolute atomic E-state index is 0.0111. The van der Waals surface area contributed by atoms with Crippen molar-refractivity contribution in [2.45, 2.75) is 6.92 Å². The maximum absolute atomic E-state index is 10.7. The van der Waals surface area contributed by atoms with E-state index in [0.717, 1.165) is 5.39 Å². The molecule has 0 saturated heterocycles. The van der Waals surface area contributed by atoms with Gasteiger partial charge in [0, 0.05) is 17.1 Å². The summed E-state index contributed by atoms with van der Waals surface area (Å²) in [7, 11) is 0. The summed E-state index contributed by atoms with van der Waals surface area (Å²) in [5, 5.41) is 9.55. The number of furan rings is 1. The van der Waals surface area contributed by atoms with Crippen LogP contribution in [0.25, 0.3) is 11.0 Å². The summed E-state index contributed by atoms with van der Waals surface area (Å²) >= 11 is 0. The van der Waals surface area contributed by atoms with E-state index in [1.807, 2.05) is 0 Å². The normalized spacial score (nSPS) is 10.5. The Morgan fingerprint density at radius 3 is 3.00 bits per heavy atom. The SMILES string of the molecule is Cc1c(C(=O)O)oc2cnccc12. The van der Waals surface area contributed by atoms with Crippen LogP contribution in [0.15, 0.2) is 22.9 Å². The van der Waals surface area contributed by atoms with Crippen molar-refractivity contribution in [1.29, 1.82) is 0 Å². The molecule has 2 aromatic rings. The predicted molar refractivity (Wildman–Crippen MR) is 45.7 cm³/mol. The number of hydrogen-bond acceptors (Lipinski definition) is 3. The Morgan fingerprint density at radius 1 is 1.62 bits per heavy atom. The fourth-order valence-electron chi connectivity index (χ4n) is 1.28. The molecule has 0 aliphatic heterocycles. The molecule has 0 aliphatic carbocycles. The van der Waals surface area contributed by atoms with Crippen LogP contribution < -0.4 is 0 Å². The van der Waals surface area contributed by atoms with E-state index in [2.05, 4.69) is 4.98 Å². The molecular weight excluding hydrogens is 170 g/mol. The Labute approximate surface area is 73.8 Å². The van der Waals surface area contributed by atoms with Gasteiger partial charge in [0.2, 0.25) is 5.76 Å². The molecule has 0 unspecified atom stereocenters. The lowest BCUT2D eigenvalue weighted by Crippen LogP contribution is -1.94. The number of aryl methyl sites for hydroxylation is 1. The van der Waals surface area contributed by atoms with Gasteiger partial charge < -0.3 is 9.52 Å². The Kier molecular flexibility index (Phi) is 1.55. The third-order valence-corrected chi connectivity index (χ3v) is 1.94. The molecular formula is C9H7NO3. The van der Waals surface area contributed by atoms with E-state index in [1.165, 1.54) is 6.20 Å². The fourth-order valence-corrected chi connectivity index (χ4v) is 1.28. The fraction of sp³-hybridized carbons (Fsp3) is 0.111. The Bertz CT molecular complexity index is 473. The first-order chi connectivity index (χ1) is 6.20. The number of hydrogen-bond donors (Lipinski definition) is 1. The summed E-state index contributed by atoms with van der Waals surface area (Å²) in [5.41, 5.74) is 1.15. The van der Waals surface area contributed by atoms with Gasteiger partial charge >= 0.3 is 5.97 Å². The number of nitrogens with zero attached hydrogens (tertiary/aromatic N) is 1. The van der Waals surface area contributed by atoms with E-state index in [0.29, 0.717) is 11.1 Å². The standard InChI is InChI=1S/C9H7NO3/c1-5-6-2-3-10-4-7(6)13-8(5)9(11)12/h2-4H,1H3,(H,11,12). The van der Waals surface area contributed by atoms with Gasteiger partial charge in [-0.25, -0.2) is 4.79 Å². The number of carbonyl (C=O) groups is 1. The second-order valence-corrected chi connectivity index (χ2v) is 2.73. The molecule has 0 fully saturated rings. The van der Waals surface area contributed by atoms with Gasteiger partial charge in [-0.3, -0.25) is 4.98 Å². The minimum Gasteiger partial charge on any atom is -0.475 e. The first-order valence-electron chi connectivity index (χ1n) is 3.76. The van der Waals surface area contributed by atoms with Gasteiger partial charge in [0.25, 0.3) is 0 Å². The van der Waals surface area contributed by atoms with Gasteiger partial charge in [0.05, 0.1) is 6.20 Å². The van der Waals surface area contributed by atoms with Crippen LogP contribution in [0, 0.1) is 6.92 Å². The van der Waals surface area contributed by atoms with Gasteiger partial charge in [0.15, 0.2) is 5.58 Å². The molecule has 2 aromatic heterocycles. The third-order valence-electron chi connectivity index (χ3n) is 1.94. The van der Waals surface area contributed by atoms with Crippen molar-refractivity contribution < 1.29 is 14.3 Å². The van der Waals surface area contributed by atoms with Crippen LogP contribution in [-0.4, -0.2) is 16.1 Å². The summed E-state index contributed by atoms with van der Waals surface area (Å²) in [4.78, 5) is 14.5. The van der Waals surface area contributed by atoms with Crippen molar-refractivity contribution in [3.05, 3.63) is 29.8 Å². The highest BCUT2D eigenvalue weighted by atomic mass is 16.4. The number of pyridine rings is 1. The number of rotatable bonds is 1. The van der Waals surface area contributed by atoms with Gasteiger partial charge in [-0.1, -0.05) is 0 Å². The highest BCUT2D eigenvalue weighted by Crippen LogP contribution is 2.23. The van der Waals surface area contributed by atoms with E-state index in [-0.39, 0.29) is 5.76 Å². The van der Waals surface area contributed by atoms with Gasteiger partial charge in [0.1, 0.15) is 0 Å². The lowest BCUT2D eigenvalue weighted by Gasteiger charge is -1.87. The molecule has 66 valence electrons. The summed E-state index contributed by atoms with van der Waals surface area (Å²) in [6.45, 7) is 1.72. The minimum atomic E-state index is -1.05. The van der Waals surface area contributed by atoms with Crippen LogP contribution in [0.5, 0.6) is 0 Å². The maximum atomic E-state index is 10.7. The van der Waals surface area contributed by atoms with Crippen LogP contribution in [0.1, 0.15) is 16.1 Å². The van der Waals surface area contributed by atoms with Crippen molar-refractivity contribution >= 4 is 16.9 Å². The molecule has 0 aliphatic rings. The Morgan fingerprint density at radius 2 is 2.38 bits per heavy atom. The van der Waals surface area contributed by atoms with Crippen molar-refractivity contribution in [3.8, 4) is 0 Å². The van der Waals surface area contributed by atoms with Crippen LogP contribution >= 0.6 is 0 Å². The molecule has 0 aromatic carbocycles. The summed E-state index contributed by atoms with van der Waals surface area (Å²) in [5.74, 6) is -1.06. The van der Waals surface area contributed by atoms with E-state index in [1.54, 1.807) is 19.2 Å². The van der Waals surface area contributed by atoms with Crippen LogP contribution in [0.4, 0.5) is 0 Å². The molecule has 1 N–H and O–H groups in total. The molecule has 4 heteroatoms. The zero-order chi connectivity index (χ0) is 9.42. The zero-order valence-electron chi connectivity index (χ0n) is 6.94. The van der Waals surface area contributed by atoms with Gasteiger partial charge in [-0.2, -0.15) is 0 Å². The number of carboxylic acid groups (broad SMARTS) is 1. The first-order valence-corrected chi connectivity index (χ1v) is 3.76.